The number of benzene rings is 1. The van der Waals surface area contributed by atoms with Gasteiger partial charge in [-0.05, 0) is 37.6 Å². The summed E-state index contributed by atoms with van der Waals surface area (Å²) in [5.41, 5.74) is 0. The van der Waals surface area contributed by atoms with E-state index in [2.05, 4.69) is 5.32 Å². The van der Waals surface area contributed by atoms with E-state index in [1.54, 1.807) is 19.1 Å². The van der Waals surface area contributed by atoms with E-state index in [1.807, 2.05) is 0 Å². The molecule has 0 saturated carbocycles. The lowest BCUT2D eigenvalue weighted by atomic mass is 10.3. The van der Waals surface area contributed by atoms with E-state index in [-0.39, 0.29) is 23.4 Å². The van der Waals surface area contributed by atoms with E-state index in [4.69, 9.17) is 4.74 Å². The molecule has 0 atom stereocenters. The minimum Gasteiger partial charge on any atom is -0.466 e. The molecule has 0 fully saturated rings. The molecule has 1 rings (SSSR count). The number of nitrogens with one attached hydrogen (secondary N) is 1. The molecular weight excluding hydrogens is 281 g/mol. The SMILES string of the molecule is CCOC(=O)CCCNC(=O)CSc1ccc(F)cc1. The van der Waals surface area contributed by atoms with Gasteiger partial charge in [0.15, 0.2) is 0 Å². The quantitative estimate of drug-likeness (QED) is 0.455. The van der Waals surface area contributed by atoms with Crippen LogP contribution in [0.2, 0.25) is 0 Å². The molecule has 0 heterocycles. The van der Waals surface area contributed by atoms with Crippen molar-refractivity contribution in [3.63, 3.8) is 0 Å². The largest absolute Gasteiger partial charge is 0.466 e. The van der Waals surface area contributed by atoms with Gasteiger partial charge in [-0.25, -0.2) is 4.39 Å². The first kappa shape index (κ1) is 16.5. The molecule has 0 spiro atoms. The van der Waals surface area contributed by atoms with Crippen molar-refractivity contribution < 1.29 is 18.7 Å². The van der Waals surface area contributed by atoms with Gasteiger partial charge in [0, 0.05) is 17.9 Å². The predicted molar refractivity (Wildman–Crippen MR) is 76.0 cm³/mol. The first-order valence-corrected chi connectivity index (χ1v) is 7.41. The number of rotatable bonds is 8. The van der Waals surface area contributed by atoms with Gasteiger partial charge < -0.3 is 10.1 Å². The zero-order chi connectivity index (χ0) is 14.8. The topological polar surface area (TPSA) is 55.4 Å². The minimum absolute atomic E-state index is 0.108. The number of hydrogen-bond donors (Lipinski definition) is 1. The number of carbonyl (C=O) groups excluding carboxylic acids is 2. The van der Waals surface area contributed by atoms with Gasteiger partial charge in [0.2, 0.25) is 5.91 Å². The van der Waals surface area contributed by atoms with Crippen molar-refractivity contribution in [3.05, 3.63) is 30.1 Å². The summed E-state index contributed by atoms with van der Waals surface area (Å²) in [6.45, 7) is 2.58. The Kier molecular flexibility index (Phi) is 7.72. The Morgan fingerprint density at radius 1 is 1.30 bits per heavy atom. The van der Waals surface area contributed by atoms with E-state index >= 15 is 0 Å². The number of carbonyl (C=O) groups is 2. The third-order valence-corrected chi connectivity index (χ3v) is 3.38. The maximum atomic E-state index is 12.7. The average molecular weight is 299 g/mol. The lowest BCUT2D eigenvalue weighted by Crippen LogP contribution is -2.26. The predicted octanol–water partition coefficient (Wildman–Crippen LogP) is 2.38. The fourth-order valence-electron chi connectivity index (χ4n) is 1.42. The number of amides is 1. The van der Waals surface area contributed by atoms with Crippen molar-refractivity contribution in [1.82, 2.24) is 5.32 Å². The summed E-state index contributed by atoms with van der Waals surface area (Å²) in [5, 5.41) is 2.72. The molecule has 0 radical (unpaired) electrons. The molecule has 1 aromatic carbocycles. The van der Waals surface area contributed by atoms with Crippen LogP contribution in [0, 0.1) is 5.82 Å². The zero-order valence-corrected chi connectivity index (χ0v) is 12.2. The number of halogens is 1. The van der Waals surface area contributed by atoms with Crippen LogP contribution in [0.15, 0.2) is 29.2 Å². The van der Waals surface area contributed by atoms with Gasteiger partial charge in [-0.2, -0.15) is 0 Å². The monoisotopic (exact) mass is 299 g/mol. The van der Waals surface area contributed by atoms with Crippen LogP contribution in [-0.2, 0) is 14.3 Å². The zero-order valence-electron chi connectivity index (χ0n) is 11.4. The Morgan fingerprint density at radius 2 is 2.00 bits per heavy atom. The van der Waals surface area contributed by atoms with Crippen molar-refractivity contribution in [2.75, 3.05) is 18.9 Å². The molecule has 0 aromatic heterocycles. The summed E-state index contributed by atoms with van der Waals surface area (Å²) in [4.78, 5) is 23.4. The van der Waals surface area contributed by atoms with Crippen LogP contribution in [0.3, 0.4) is 0 Å². The molecule has 6 heteroatoms. The van der Waals surface area contributed by atoms with Crippen molar-refractivity contribution in [3.8, 4) is 0 Å². The highest BCUT2D eigenvalue weighted by Crippen LogP contribution is 2.17. The molecule has 0 aliphatic heterocycles. The maximum absolute atomic E-state index is 12.7. The van der Waals surface area contributed by atoms with Crippen LogP contribution in [0.5, 0.6) is 0 Å². The Labute approximate surface area is 122 Å². The van der Waals surface area contributed by atoms with Crippen LogP contribution >= 0.6 is 11.8 Å². The molecule has 1 amide bonds. The van der Waals surface area contributed by atoms with Gasteiger partial charge in [-0.1, -0.05) is 0 Å². The van der Waals surface area contributed by atoms with Crippen molar-refractivity contribution in [1.29, 1.82) is 0 Å². The van der Waals surface area contributed by atoms with E-state index in [1.165, 1.54) is 23.9 Å². The van der Waals surface area contributed by atoms with Gasteiger partial charge in [0.25, 0.3) is 0 Å². The van der Waals surface area contributed by atoms with Gasteiger partial charge >= 0.3 is 5.97 Å². The third-order valence-electron chi connectivity index (χ3n) is 2.37. The highest BCUT2D eigenvalue weighted by molar-refractivity contribution is 8.00. The summed E-state index contributed by atoms with van der Waals surface area (Å²) in [6, 6.07) is 5.99. The van der Waals surface area contributed by atoms with Gasteiger partial charge in [-0.15, -0.1) is 11.8 Å². The van der Waals surface area contributed by atoms with Crippen LogP contribution in [0.1, 0.15) is 19.8 Å². The number of thioether (sulfide) groups is 1. The first-order valence-electron chi connectivity index (χ1n) is 6.42. The summed E-state index contributed by atoms with van der Waals surface area (Å²) in [7, 11) is 0. The van der Waals surface area contributed by atoms with Gasteiger partial charge in [0.05, 0.1) is 12.4 Å². The van der Waals surface area contributed by atoms with Crippen LogP contribution in [0.25, 0.3) is 0 Å². The molecule has 0 aliphatic carbocycles. The Morgan fingerprint density at radius 3 is 2.65 bits per heavy atom. The van der Waals surface area contributed by atoms with E-state index in [0.29, 0.717) is 26.0 Å². The molecule has 110 valence electrons. The molecule has 0 aliphatic rings. The van der Waals surface area contributed by atoms with Gasteiger partial charge in [0.1, 0.15) is 5.82 Å². The summed E-state index contributed by atoms with van der Waals surface area (Å²) in [6.07, 6.45) is 0.866. The lowest BCUT2D eigenvalue weighted by Gasteiger charge is -2.05. The van der Waals surface area contributed by atoms with Crippen LogP contribution in [-0.4, -0.2) is 30.8 Å². The molecule has 20 heavy (non-hydrogen) atoms. The highest BCUT2D eigenvalue weighted by atomic mass is 32.2. The van der Waals surface area contributed by atoms with Crippen molar-refractivity contribution >= 4 is 23.6 Å². The minimum atomic E-state index is -0.294. The Hall–Kier alpha value is -1.56. The second-order valence-corrected chi connectivity index (χ2v) is 5.05. The van der Waals surface area contributed by atoms with Crippen LogP contribution in [0.4, 0.5) is 4.39 Å². The van der Waals surface area contributed by atoms with E-state index < -0.39 is 0 Å². The molecule has 1 aromatic rings. The number of ether oxygens (including phenoxy) is 1. The van der Waals surface area contributed by atoms with E-state index in [9.17, 15) is 14.0 Å². The fraction of sp³-hybridized carbons (Fsp3) is 0.429. The molecule has 4 nitrogen and oxygen atoms in total. The summed E-state index contributed by atoms with van der Waals surface area (Å²) < 4.78 is 17.5. The summed E-state index contributed by atoms with van der Waals surface area (Å²) >= 11 is 1.34. The van der Waals surface area contributed by atoms with Crippen molar-refractivity contribution in [2.45, 2.75) is 24.7 Å². The molecule has 0 saturated heterocycles. The van der Waals surface area contributed by atoms with Crippen LogP contribution < -0.4 is 5.32 Å². The summed E-state index contributed by atoms with van der Waals surface area (Å²) in [5.74, 6) is -0.381. The van der Waals surface area contributed by atoms with E-state index in [0.717, 1.165) is 4.90 Å². The average Bonchev–Trinajstić information content (AvgIpc) is 2.43. The fourth-order valence-corrected chi connectivity index (χ4v) is 2.15. The lowest BCUT2D eigenvalue weighted by molar-refractivity contribution is -0.143. The maximum Gasteiger partial charge on any atom is 0.305 e. The second kappa shape index (κ2) is 9.36. The molecule has 1 N–H and O–H groups in total. The Bertz CT molecular complexity index is 437. The molecule has 0 unspecified atom stereocenters. The number of esters is 1. The number of hydrogen-bond acceptors (Lipinski definition) is 4. The van der Waals surface area contributed by atoms with Gasteiger partial charge in [-0.3, -0.25) is 9.59 Å². The smallest absolute Gasteiger partial charge is 0.305 e. The second-order valence-electron chi connectivity index (χ2n) is 4.00. The highest BCUT2D eigenvalue weighted by Gasteiger charge is 2.04. The Balaban J connectivity index is 2.11. The first-order chi connectivity index (χ1) is 9.61. The van der Waals surface area contributed by atoms with Crippen molar-refractivity contribution in [2.24, 2.45) is 0 Å². The normalized spacial score (nSPS) is 10.1. The third kappa shape index (κ3) is 7.13. The molecular formula is C14H18FNO3S. The molecule has 0 bridgehead atoms. The standard InChI is InChI=1S/C14H18FNO3S/c1-2-19-14(18)4-3-9-16-13(17)10-20-12-7-5-11(15)6-8-12/h5-8H,2-4,9-10H2,1H3,(H,16,17).